The molecule has 0 aliphatic carbocycles. The molecule has 17 heavy (non-hydrogen) atoms. The highest BCUT2D eigenvalue weighted by molar-refractivity contribution is 5.75. The number of amides is 1. The van der Waals surface area contributed by atoms with Crippen molar-refractivity contribution >= 4 is 11.9 Å². The summed E-state index contributed by atoms with van der Waals surface area (Å²) in [5, 5.41) is 11.2. The summed E-state index contributed by atoms with van der Waals surface area (Å²) in [5.41, 5.74) is 1.00. The molecule has 0 spiro atoms. The first kappa shape index (κ1) is 13.2. The fraction of sp³-hybridized carbons (Fsp3) is 0.333. The largest absolute Gasteiger partial charge is 0.481 e. The molecule has 1 rings (SSSR count). The lowest BCUT2D eigenvalue weighted by molar-refractivity contribution is -0.137. The van der Waals surface area contributed by atoms with Gasteiger partial charge in [-0.15, -0.1) is 0 Å². The second-order valence-corrected chi connectivity index (χ2v) is 3.88. The average Bonchev–Trinajstić information content (AvgIpc) is 2.19. The van der Waals surface area contributed by atoms with Crippen LogP contribution in [0.2, 0.25) is 0 Å². The summed E-state index contributed by atoms with van der Waals surface area (Å²) < 4.78 is 13.6. The van der Waals surface area contributed by atoms with Crippen LogP contribution in [-0.2, 0) is 9.59 Å². The van der Waals surface area contributed by atoms with Gasteiger partial charge in [0, 0.05) is 12.5 Å². The van der Waals surface area contributed by atoms with E-state index in [0.29, 0.717) is 0 Å². The van der Waals surface area contributed by atoms with Crippen LogP contribution in [0.5, 0.6) is 0 Å². The number of halogens is 1. The van der Waals surface area contributed by atoms with Gasteiger partial charge in [-0.2, -0.15) is 0 Å². The van der Waals surface area contributed by atoms with Crippen molar-refractivity contribution in [3.8, 4) is 0 Å². The number of benzene rings is 1. The molecule has 1 amide bonds. The predicted molar refractivity (Wildman–Crippen MR) is 59.9 cm³/mol. The van der Waals surface area contributed by atoms with Crippen LogP contribution in [-0.4, -0.2) is 17.0 Å². The van der Waals surface area contributed by atoms with Crippen molar-refractivity contribution in [1.82, 2.24) is 5.32 Å². The van der Waals surface area contributed by atoms with Crippen LogP contribution >= 0.6 is 0 Å². The predicted octanol–water partition coefficient (Wildman–Crippen LogP) is 1.79. The Kier molecular flexibility index (Phi) is 4.20. The third-order valence-corrected chi connectivity index (χ3v) is 2.28. The van der Waals surface area contributed by atoms with Crippen LogP contribution in [0, 0.1) is 12.7 Å². The standard InChI is InChI=1S/C12H14FNO3/c1-7-3-4-10(13)9(5-7)11(6-12(16)17)14-8(2)15/h3-5,11H,6H2,1-2H3,(H,14,15)(H,16,17). The molecule has 1 aromatic rings. The van der Waals surface area contributed by atoms with Crippen molar-refractivity contribution < 1.29 is 19.1 Å². The van der Waals surface area contributed by atoms with Gasteiger partial charge in [-0.05, 0) is 13.0 Å². The zero-order valence-corrected chi connectivity index (χ0v) is 9.66. The maximum Gasteiger partial charge on any atom is 0.305 e. The molecule has 92 valence electrons. The number of nitrogens with one attached hydrogen (secondary N) is 1. The van der Waals surface area contributed by atoms with E-state index in [9.17, 15) is 14.0 Å². The van der Waals surface area contributed by atoms with Crippen molar-refractivity contribution in [2.75, 3.05) is 0 Å². The summed E-state index contributed by atoms with van der Waals surface area (Å²) >= 11 is 0. The third kappa shape index (κ3) is 3.86. The van der Waals surface area contributed by atoms with Crippen LogP contribution in [0.3, 0.4) is 0 Å². The van der Waals surface area contributed by atoms with E-state index in [1.165, 1.54) is 13.0 Å². The number of aryl methyl sites for hydroxylation is 1. The molecule has 0 heterocycles. The second kappa shape index (κ2) is 5.43. The molecule has 0 bridgehead atoms. The highest BCUT2D eigenvalue weighted by Gasteiger charge is 2.19. The number of carboxylic acids is 1. The first-order chi connectivity index (χ1) is 7.90. The second-order valence-electron chi connectivity index (χ2n) is 3.88. The number of rotatable bonds is 4. The average molecular weight is 239 g/mol. The van der Waals surface area contributed by atoms with Crippen molar-refractivity contribution in [2.45, 2.75) is 26.3 Å². The molecule has 2 N–H and O–H groups in total. The summed E-state index contributed by atoms with van der Waals surface area (Å²) in [6, 6.07) is 3.55. The Labute approximate surface area is 98.5 Å². The minimum atomic E-state index is -1.09. The Bertz CT molecular complexity index is 429. The van der Waals surface area contributed by atoms with E-state index < -0.39 is 23.7 Å². The number of hydrogen-bond donors (Lipinski definition) is 2. The van der Waals surface area contributed by atoms with Gasteiger partial charge in [-0.1, -0.05) is 17.7 Å². The topological polar surface area (TPSA) is 66.4 Å². The SMILES string of the molecule is CC(=O)NC(CC(=O)O)c1cc(C)ccc1F. The van der Waals surface area contributed by atoms with Crippen LogP contribution in [0.4, 0.5) is 4.39 Å². The van der Waals surface area contributed by atoms with E-state index in [-0.39, 0.29) is 12.0 Å². The molecule has 0 aliphatic heterocycles. The van der Waals surface area contributed by atoms with Gasteiger partial charge < -0.3 is 10.4 Å². The van der Waals surface area contributed by atoms with Crippen LogP contribution in [0.25, 0.3) is 0 Å². The van der Waals surface area contributed by atoms with Gasteiger partial charge in [0.05, 0.1) is 12.5 Å². The number of carbonyl (C=O) groups is 2. The lowest BCUT2D eigenvalue weighted by Gasteiger charge is -2.17. The molecule has 1 atom stereocenters. The summed E-state index contributed by atoms with van der Waals surface area (Å²) in [6.07, 6.45) is -0.347. The van der Waals surface area contributed by atoms with Crippen LogP contribution in [0.1, 0.15) is 30.5 Å². The lowest BCUT2D eigenvalue weighted by atomic mass is 10.0. The van der Waals surface area contributed by atoms with Crippen molar-refractivity contribution in [3.05, 3.63) is 35.1 Å². The molecule has 0 aromatic heterocycles. The maximum atomic E-state index is 13.6. The Morgan fingerprint density at radius 1 is 1.47 bits per heavy atom. The summed E-state index contributed by atoms with van der Waals surface area (Å²) in [4.78, 5) is 21.7. The molecule has 1 aromatic carbocycles. The van der Waals surface area contributed by atoms with Crippen molar-refractivity contribution in [1.29, 1.82) is 0 Å². The summed E-state index contributed by atoms with van der Waals surface area (Å²) in [6.45, 7) is 3.04. The highest BCUT2D eigenvalue weighted by atomic mass is 19.1. The van der Waals surface area contributed by atoms with Gasteiger partial charge in [0.25, 0.3) is 0 Å². The van der Waals surface area contributed by atoms with Gasteiger partial charge in [-0.25, -0.2) is 4.39 Å². The van der Waals surface area contributed by atoms with E-state index in [1.807, 2.05) is 0 Å². The molecule has 0 saturated carbocycles. The number of carbonyl (C=O) groups excluding carboxylic acids is 1. The number of aliphatic carboxylic acids is 1. The molecule has 0 fully saturated rings. The maximum absolute atomic E-state index is 13.6. The van der Waals surface area contributed by atoms with Gasteiger partial charge >= 0.3 is 5.97 Å². The first-order valence-corrected chi connectivity index (χ1v) is 5.15. The Morgan fingerprint density at radius 3 is 2.65 bits per heavy atom. The van der Waals surface area contributed by atoms with Gasteiger partial charge in [-0.3, -0.25) is 9.59 Å². The normalized spacial score (nSPS) is 11.9. The van der Waals surface area contributed by atoms with Gasteiger partial charge in [0.15, 0.2) is 0 Å². The van der Waals surface area contributed by atoms with E-state index >= 15 is 0 Å². The fourth-order valence-corrected chi connectivity index (χ4v) is 1.59. The fourth-order valence-electron chi connectivity index (χ4n) is 1.59. The van der Waals surface area contributed by atoms with Crippen molar-refractivity contribution in [2.24, 2.45) is 0 Å². The first-order valence-electron chi connectivity index (χ1n) is 5.15. The van der Waals surface area contributed by atoms with Crippen molar-refractivity contribution in [3.63, 3.8) is 0 Å². The van der Waals surface area contributed by atoms with E-state index in [2.05, 4.69) is 5.32 Å². The monoisotopic (exact) mass is 239 g/mol. The quantitative estimate of drug-likeness (QED) is 0.841. The summed E-state index contributed by atoms with van der Waals surface area (Å²) in [7, 11) is 0. The molecule has 0 saturated heterocycles. The molecule has 4 nitrogen and oxygen atoms in total. The van der Waals surface area contributed by atoms with E-state index in [0.717, 1.165) is 5.56 Å². The molecule has 0 aliphatic rings. The lowest BCUT2D eigenvalue weighted by Crippen LogP contribution is -2.28. The Morgan fingerprint density at radius 2 is 2.12 bits per heavy atom. The number of hydrogen-bond acceptors (Lipinski definition) is 2. The van der Waals surface area contributed by atoms with E-state index in [4.69, 9.17) is 5.11 Å². The zero-order valence-electron chi connectivity index (χ0n) is 9.66. The van der Waals surface area contributed by atoms with E-state index in [1.54, 1.807) is 19.1 Å². The minimum absolute atomic E-state index is 0.197. The molecule has 0 radical (unpaired) electrons. The highest BCUT2D eigenvalue weighted by Crippen LogP contribution is 2.21. The molecule has 5 heteroatoms. The molecular weight excluding hydrogens is 225 g/mol. The smallest absolute Gasteiger partial charge is 0.305 e. The Balaban J connectivity index is 3.06. The van der Waals surface area contributed by atoms with Crippen LogP contribution in [0.15, 0.2) is 18.2 Å². The van der Waals surface area contributed by atoms with Crippen LogP contribution < -0.4 is 5.32 Å². The Hall–Kier alpha value is -1.91. The third-order valence-electron chi connectivity index (χ3n) is 2.28. The molecular formula is C12H14FNO3. The van der Waals surface area contributed by atoms with Gasteiger partial charge in [0.2, 0.25) is 5.91 Å². The number of carboxylic acid groups (broad SMARTS) is 1. The summed E-state index contributed by atoms with van der Waals surface area (Å²) in [5.74, 6) is -2.00. The minimum Gasteiger partial charge on any atom is -0.481 e. The van der Waals surface area contributed by atoms with Gasteiger partial charge in [0.1, 0.15) is 5.82 Å². The molecule has 1 unspecified atom stereocenters. The zero-order chi connectivity index (χ0) is 13.0.